The minimum atomic E-state index is -0.603. The molecule has 2 aromatic rings. The van der Waals surface area contributed by atoms with Gasteiger partial charge in [0.15, 0.2) is 0 Å². The number of aromatic nitrogens is 2. The Bertz CT molecular complexity index is 668. The molecule has 0 bridgehead atoms. The first-order chi connectivity index (χ1) is 9.51. The summed E-state index contributed by atoms with van der Waals surface area (Å²) in [6, 6.07) is 5.06. The van der Waals surface area contributed by atoms with Crippen molar-refractivity contribution in [3.8, 4) is 0 Å². The third-order valence-corrected chi connectivity index (χ3v) is 3.10. The fraction of sp³-hybridized carbons (Fsp3) is 0. The molecule has 0 saturated carbocycles. The predicted octanol–water partition coefficient (Wildman–Crippen LogP) is 2.83. The van der Waals surface area contributed by atoms with Crippen LogP contribution < -0.4 is 16.6 Å². The number of rotatable bonds is 4. The molecule has 104 valence electrons. The monoisotopic (exact) mass is 358 g/mol. The van der Waals surface area contributed by atoms with Crippen molar-refractivity contribution >= 4 is 50.7 Å². The molecule has 1 aromatic heterocycles. The number of anilines is 3. The maximum Gasteiger partial charge on any atom is 0.329 e. The van der Waals surface area contributed by atoms with E-state index in [0.29, 0.717) is 10.7 Å². The average Bonchev–Trinajstić information content (AvgIpc) is 2.42. The fourth-order valence-corrected chi connectivity index (χ4v) is 1.92. The van der Waals surface area contributed by atoms with Crippen molar-refractivity contribution in [2.75, 3.05) is 10.7 Å². The normalized spacial score (nSPS) is 10.2. The summed E-state index contributed by atoms with van der Waals surface area (Å²) < 4.78 is 0.762. The molecule has 0 fully saturated rings. The maximum absolute atomic E-state index is 11.0. The molecule has 0 radical (unpaired) electrons. The van der Waals surface area contributed by atoms with Gasteiger partial charge >= 0.3 is 5.69 Å². The second-order valence-corrected chi connectivity index (χ2v) is 4.90. The minimum Gasteiger partial charge on any atom is -0.333 e. The van der Waals surface area contributed by atoms with Crippen LogP contribution in [0.25, 0.3) is 0 Å². The van der Waals surface area contributed by atoms with Crippen molar-refractivity contribution in [1.29, 1.82) is 0 Å². The van der Waals surface area contributed by atoms with E-state index >= 15 is 0 Å². The van der Waals surface area contributed by atoms with Gasteiger partial charge in [0.1, 0.15) is 6.20 Å². The van der Waals surface area contributed by atoms with Crippen molar-refractivity contribution in [3.63, 3.8) is 0 Å². The largest absolute Gasteiger partial charge is 0.333 e. The third-order valence-electron chi connectivity index (χ3n) is 2.28. The van der Waals surface area contributed by atoms with E-state index in [1.165, 1.54) is 0 Å². The van der Waals surface area contributed by atoms with Gasteiger partial charge in [0.05, 0.1) is 15.6 Å². The van der Waals surface area contributed by atoms with Crippen LogP contribution in [-0.2, 0) is 0 Å². The van der Waals surface area contributed by atoms with Crippen molar-refractivity contribution in [2.24, 2.45) is 5.84 Å². The number of benzene rings is 1. The second kappa shape index (κ2) is 5.99. The van der Waals surface area contributed by atoms with Crippen molar-refractivity contribution in [3.05, 3.63) is 44.0 Å². The Hall–Kier alpha value is -1.97. The lowest BCUT2D eigenvalue weighted by atomic mass is 10.3. The first kappa shape index (κ1) is 14.4. The summed E-state index contributed by atoms with van der Waals surface area (Å²) in [6.45, 7) is 0. The lowest BCUT2D eigenvalue weighted by Crippen LogP contribution is -2.12. The molecular weight excluding hydrogens is 352 g/mol. The standard InChI is InChI=1S/C10H8BrClN6O2/c11-5-1-2-6(12)7(3-5)15-9-8(18(19)20)4-14-10(16-9)17-13/h1-4H,13H2,(H2,14,15,16,17). The number of hydrazine groups is 1. The van der Waals surface area contributed by atoms with Gasteiger partial charge in [-0.15, -0.1) is 0 Å². The van der Waals surface area contributed by atoms with Crippen LogP contribution in [0.2, 0.25) is 5.02 Å². The summed E-state index contributed by atoms with van der Waals surface area (Å²) >= 11 is 9.30. The number of hydrogen-bond donors (Lipinski definition) is 3. The highest BCUT2D eigenvalue weighted by atomic mass is 79.9. The Morgan fingerprint density at radius 3 is 2.85 bits per heavy atom. The Morgan fingerprint density at radius 1 is 1.45 bits per heavy atom. The summed E-state index contributed by atoms with van der Waals surface area (Å²) in [7, 11) is 0. The fourth-order valence-electron chi connectivity index (χ4n) is 1.39. The third kappa shape index (κ3) is 3.13. The van der Waals surface area contributed by atoms with Gasteiger partial charge in [0, 0.05) is 4.47 Å². The quantitative estimate of drug-likeness (QED) is 0.436. The van der Waals surface area contributed by atoms with Gasteiger partial charge in [-0.2, -0.15) is 4.98 Å². The zero-order valence-corrected chi connectivity index (χ0v) is 12.1. The van der Waals surface area contributed by atoms with E-state index in [1.54, 1.807) is 18.2 Å². The van der Waals surface area contributed by atoms with Crippen LogP contribution in [0.3, 0.4) is 0 Å². The molecule has 8 nitrogen and oxygen atoms in total. The smallest absolute Gasteiger partial charge is 0.329 e. The molecule has 4 N–H and O–H groups in total. The number of hydrogen-bond acceptors (Lipinski definition) is 7. The Morgan fingerprint density at radius 2 is 2.20 bits per heavy atom. The molecule has 0 unspecified atom stereocenters. The molecule has 0 amide bonds. The van der Waals surface area contributed by atoms with E-state index in [9.17, 15) is 10.1 Å². The summed E-state index contributed by atoms with van der Waals surface area (Å²) in [5.74, 6) is 5.22. The van der Waals surface area contributed by atoms with Crippen LogP contribution in [0.4, 0.5) is 23.1 Å². The van der Waals surface area contributed by atoms with Crippen LogP contribution in [0.15, 0.2) is 28.9 Å². The van der Waals surface area contributed by atoms with Gasteiger partial charge in [0.25, 0.3) is 0 Å². The number of halogens is 2. The SMILES string of the molecule is NNc1ncc([N+](=O)[O-])c(Nc2cc(Br)ccc2Cl)n1. The zero-order valence-electron chi connectivity index (χ0n) is 9.80. The van der Waals surface area contributed by atoms with Gasteiger partial charge in [-0.05, 0) is 18.2 Å². The van der Waals surface area contributed by atoms with E-state index in [2.05, 4.69) is 36.6 Å². The lowest BCUT2D eigenvalue weighted by Gasteiger charge is -2.09. The van der Waals surface area contributed by atoms with E-state index in [0.717, 1.165) is 10.7 Å². The molecule has 10 heteroatoms. The van der Waals surface area contributed by atoms with E-state index in [1.807, 2.05) is 0 Å². The molecule has 0 aliphatic heterocycles. The van der Waals surface area contributed by atoms with Crippen LogP contribution in [0, 0.1) is 10.1 Å². The summed E-state index contributed by atoms with van der Waals surface area (Å²) in [6.07, 6.45) is 1.05. The molecule has 1 aromatic carbocycles. The molecule has 0 aliphatic rings. The van der Waals surface area contributed by atoms with Gasteiger partial charge in [-0.1, -0.05) is 27.5 Å². The Labute approximate surface area is 126 Å². The average molecular weight is 360 g/mol. The highest BCUT2D eigenvalue weighted by Crippen LogP contribution is 2.31. The van der Waals surface area contributed by atoms with E-state index in [4.69, 9.17) is 17.4 Å². The van der Waals surface area contributed by atoms with Crippen LogP contribution in [0.5, 0.6) is 0 Å². The zero-order chi connectivity index (χ0) is 14.7. The minimum absolute atomic E-state index is 0.0158. The summed E-state index contributed by atoms with van der Waals surface area (Å²) in [5.41, 5.74) is 2.39. The second-order valence-electron chi connectivity index (χ2n) is 3.58. The summed E-state index contributed by atoms with van der Waals surface area (Å²) in [5, 5.41) is 14.1. The lowest BCUT2D eigenvalue weighted by molar-refractivity contribution is -0.384. The first-order valence-electron chi connectivity index (χ1n) is 5.21. The maximum atomic E-state index is 11.0. The molecule has 0 atom stereocenters. The number of nitrogen functional groups attached to an aromatic ring is 1. The number of nitrogens with zero attached hydrogens (tertiary/aromatic N) is 3. The van der Waals surface area contributed by atoms with Crippen LogP contribution in [-0.4, -0.2) is 14.9 Å². The molecule has 0 spiro atoms. The molecule has 0 saturated heterocycles. The van der Waals surface area contributed by atoms with Crippen molar-refractivity contribution < 1.29 is 4.92 Å². The molecule has 1 heterocycles. The Balaban J connectivity index is 2.45. The molecule has 0 aliphatic carbocycles. The number of nitrogens with two attached hydrogens (primary N) is 1. The van der Waals surface area contributed by atoms with Crippen molar-refractivity contribution in [1.82, 2.24) is 9.97 Å². The van der Waals surface area contributed by atoms with Gasteiger partial charge in [0.2, 0.25) is 11.8 Å². The molecular formula is C10H8BrClN6O2. The highest BCUT2D eigenvalue weighted by molar-refractivity contribution is 9.10. The highest BCUT2D eigenvalue weighted by Gasteiger charge is 2.18. The van der Waals surface area contributed by atoms with E-state index < -0.39 is 4.92 Å². The number of nitro groups is 1. The predicted molar refractivity (Wildman–Crippen MR) is 78.9 cm³/mol. The molecule has 2 rings (SSSR count). The van der Waals surface area contributed by atoms with E-state index in [-0.39, 0.29) is 17.5 Å². The number of nitrogens with one attached hydrogen (secondary N) is 2. The van der Waals surface area contributed by atoms with Gasteiger partial charge < -0.3 is 5.32 Å². The van der Waals surface area contributed by atoms with Crippen LogP contribution in [0.1, 0.15) is 0 Å². The summed E-state index contributed by atoms with van der Waals surface area (Å²) in [4.78, 5) is 17.9. The van der Waals surface area contributed by atoms with Crippen molar-refractivity contribution in [2.45, 2.75) is 0 Å². The van der Waals surface area contributed by atoms with Gasteiger partial charge in [-0.25, -0.2) is 10.8 Å². The molecule has 20 heavy (non-hydrogen) atoms. The topological polar surface area (TPSA) is 119 Å². The Kier molecular flexibility index (Phi) is 4.32. The van der Waals surface area contributed by atoms with Gasteiger partial charge in [-0.3, -0.25) is 15.5 Å². The first-order valence-corrected chi connectivity index (χ1v) is 6.38. The van der Waals surface area contributed by atoms with Crippen LogP contribution >= 0.6 is 27.5 Å².